The summed E-state index contributed by atoms with van der Waals surface area (Å²) in [6.45, 7) is 9.85. The molecule has 0 aromatic carbocycles. The lowest BCUT2D eigenvalue weighted by atomic mass is 10.2. The number of hydrogen-bond donors (Lipinski definition) is 1. The summed E-state index contributed by atoms with van der Waals surface area (Å²) >= 11 is 1.94. The highest BCUT2D eigenvalue weighted by atomic mass is 32.2. The van der Waals surface area contributed by atoms with Crippen molar-refractivity contribution in [1.82, 2.24) is 9.88 Å². The van der Waals surface area contributed by atoms with E-state index in [1.807, 2.05) is 11.8 Å². The molecule has 0 saturated carbocycles. The van der Waals surface area contributed by atoms with E-state index in [1.165, 1.54) is 35.5 Å². The van der Waals surface area contributed by atoms with Crippen LogP contribution in [0, 0.1) is 13.8 Å². The standard InChI is InChI=1S/C14H26N2S/c1-5-16-12(2)10-14(13(16)3)11-15-8-6-7-9-17-4/h10,15H,5-9,11H2,1-4H3. The molecule has 3 heteroatoms. The van der Waals surface area contributed by atoms with E-state index in [0.29, 0.717) is 0 Å². The summed E-state index contributed by atoms with van der Waals surface area (Å²) in [5.41, 5.74) is 4.25. The Hall–Kier alpha value is -0.410. The fourth-order valence-electron chi connectivity index (χ4n) is 2.26. The van der Waals surface area contributed by atoms with E-state index >= 15 is 0 Å². The molecule has 0 aliphatic carbocycles. The van der Waals surface area contributed by atoms with Crippen LogP contribution in [0.15, 0.2) is 6.07 Å². The summed E-state index contributed by atoms with van der Waals surface area (Å²) in [4.78, 5) is 0. The van der Waals surface area contributed by atoms with Gasteiger partial charge in [0.05, 0.1) is 0 Å². The Labute approximate surface area is 110 Å². The maximum absolute atomic E-state index is 3.54. The minimum Gasteiger partial charge on any atom is -0.349 e. The summed E-state index contributed by atoms with van der Waals surface area (Å²) in [5, 5.41) is 3.54. The molecular formula is C14H26N2S. The van der Waals surface area contributed by atoms with Gasteiger partial charge in [-0.25, -0.2) is 0 Å². The van der Waals surface area contributed by atoms with Crippen LogP contribution in [0.5, 0.6) is 0 Å². The summed E-state index contributed by atoms with van der Waals surface area (Å²) in [5.74, 6) is 1.28. The van der Waals surface area contributed by atoms with Gasteiger partial charge in [-0.1, -0.05) is 0 Å². The van der Waals surface area contributed by atoms with E-state index < -0.39 is 0 Å². The van der Waals surface area contributed by atoms with E-state index in [0.717, 1.165) is 19.6 Å². The van der Waals surface area contributed by atoms with E-state index in [-0.39, 0.29) is 0 Å². The van der Waals surface area contributed by atoms with Crippen molar-refractivity contribution >= 4 is 11.8 Å². The molecule has 1 N–H and O–H groups in total. The first kappa shape index (κ1) is 14.7. The van der Waals surface area contributed by atoms with Crippen molar-refractivity contribution < 1.29 is 0 Å². The zero-order valence-corrected chi connectivity index (χ0v) is 12.5. The van der Waals surface area contributed by atoms with Crippen LogP contribution in [0.1, 0.15) is 36.7 Å². The summed E-state index contributed by atoms with van der Waals surface area (Å²) in [7, 11) is 0. The molecule has 0 saturated heterocycles. The number of aryl methyl sites for hydroxylation is 1. The number of thioether (sulfide) groups is 1. The predicted molar refractivity (Wildman–Crippen MR) is 78.9 cm³/mol. The van der Waals surface area contributed by atoms with E-state index in [1.54, 1.807) is 0 Å². The third-order valence-corrected chi connectivity index (χ3v) is 3.96. The number of unbranched alkanes of at least 4 members (excludes halogenated alkanes) is 1. The van der Waals surface area contributed by atoms with E-state index in [4.69, 9.17) is 0 Å². The van der Waals surface area contributed by atoms with Gasteiger partial charge in [-0.05, 0) is 63.8 Å². The van der Waals surface area contributed by atoms with Crippen LogP contribution < -0.4 is 5.32 Å². The highest BCUT2D eigenvalue weighted by Crippen LogP contribution is 2.14. The molecule has 1 aromatic rings. The van der Waals surface area contributed by atoms with Crippen LogP contribution in [0.4, 0.5) is 0 Å². The van der Waals surface area contributed by atoms with Crippen molar-refractivity contribution in [2.24, 2.45) is 0 Å². The molecule has 0 amide bonds. The number of rotatable bonds is 8. The van der Waals surface area contributed by atoms with Crippen molar-refractivity contribution in [3.05, 3.63) is 23.0 Å². The van der Waals surface area contributed by atoms with Crippen molar-refractivity contribution in [3.63, 3.8) is 0 Å². The molecule has 1 rings (SSSR count). The number of aromatic nitrogens is 1. The van der Waals surface area contributed by atoms with Crippen LogP contribution in [-0.4, -0.2) is 23.1 Å². The summed E-state index contributed by atoms with van der Waals surface area (Å²) < 4.78 is 2.38. The lowest BCUT2D eigenvalue weighted by Crippen LogP contribution is -2.15. The average molecular weight is 254 g/mol. The molecule has 0 bridgehead atoms. The van der Waals surface area contributed by atoms with Gasteiger partial charge in [0, 0.05) is 24.5 Å². The Bertz CT molecular complexity index is 331. The molecule has 0 atom stereocenters. The Morgan fingerprint density at radius 3 is 2.65 bits per heavy atom. The van der Waals surface area contributed by atoms with Crippen LogP contribution in [0.25, 0.3) is 0 Å². The smallest absolute Gasteiger partial charge is 0.0223 e. The number of nitrogens with one attached hydrogen (secondary N) is 1. The fourth-order valence-corrected chi connectivity index (χ4v) is 2.75. The second-order valence-electron chi connectivity index (χ2n) is 4.52. The highest BCUT2D eigenvalue weighted by Gasteiger charge is 2.06. The molecule has 0 radical (unpaired) electrons. The second-order valence-corrected chi connectivity index (χ2v) is 5.50. The minimum absolute atomic E-state index is 1.01. The Morgan fingerprint density at radius 1 is 1.29 bits per heavy atom. The van der Waals surface area contributed by atoms with Gasteiger partial charge < -0.3 is 9.88 Å². The third-order valence-electron chi connectivity index (χ3n) is 3.26. The number of nitrogens with zero attached hydrogens (tertiary/aromatic N) is 1. The average Bonchev–Trinajstić information content (AvgIpc) is 2.58. The molecule has 17 heavy (non-hydrogen) atoms. The van der Waals surface area contributed by atoms with Crippen LogP contribution in [0.3, 0.4) is 0 Å². The Kier molecular flexibility index (Phi) is 6.75. The zero-order chi connectivity index (χ0) is 12.7. The summed E-state index contributed by atoms with van der Waals surface area (Å²) in [6, 6.07) is 2.31. The fraction of sp³-hybridized carbons (Fsp3) is 0.714. The van der Waals surface area contributed by atoms with E-state index in [2.05, 4.69) is 43.0 Å². The van der Waals surface area contributed by atoms with Crippen molar-refractivity contribution in [2.45, 2.75) is 46.7 Å². The third kappa shape index (κ3) is 4.40. The monoisotopic (exact) mass is 254 g/mol. The molecule has 0 aliphatic rings. The van der Waals surface area contributed by atoms with E-state index in [9.17, 15) is 0 Å². The molecular weight excluding hydrogens is 228 g/mol. The molecule has 98 valence electrons. The van der Waals surface area contributed by atoms with Gasteiger partial charge in [0.2, 0.25) is 0 Å². The molecule has 0 aliphatic heterocycles. The van der Waals surface area contributed by atoms with Crippen LogP contribution >= 0.6 is 11.8 Å². The van der Waals surface area contributed by atoms with Gasteiger partial charge in [-0.3, -0.25) is 0 Å². The normalized spacial score (nSPS) is 11.1. The molecule has 2 nitrogen and oxygen atoms in total. The van der Waals surface area contributed by atoms with Crippen molar-refractivity contribution in [3.8, 4) is 0 Å². The molecule has 0 fully saturated rings. The van der Waals surface area contributed by atoms with Crippen molar-refractivity contribution in [2.75, 3.05) is 18.6 Å². The maximum Gasteiger partial charge on any atom is 0.0223 e. The van der Waals surface area contributed by atoms with Gasteiger partial charge in [0.25, 0.3) is 0 Å². The molecule has 0 unspecified atom stereocenters. The molecule has 1 heterocycles. The van der Waals surface area contributed by atoms with Crippen molar-refractivity contribution in [1.29, 1.82) is 0 Å². The SMILES string of the molecule is CCn1c(C)cc(CNCCCCSC)c1C. The first-order valence-corrected chi connectivity index (χ1v) is 7.95. The lowest BCUT2D eigenvalue weighted by molar-refractivity contribution is 0.638. The highest BCUT2D eigenvalue weighted by molar-refractivity contribution is 7.98. The van der Waals surface area contributed by atoms with Gasteiger partial charge in [0.15, 0.2) is 0 Å². The van der Waals surface area contributed by atoms with Crippen LogP contribution in [-0.2, 0) is 13.1 Å². The summed E-state index contributed by atoms with van der Waals surface area (Å²) in [6.07, 6.45) is 4.78. The Balaban J connectivity index is 2.32. The van der Waals surface area contributed by atoms with Gasteiger partial charge >= 0.3 is 0 Å². The van der Waals surface area contributed by atoms with Crippen LogP contribution in [0.2, 0.25) is 0 Å². The molecule has 1 aromatic heterocycles. The zero-order valence-electron chi connectivity index (χ0n) is 11.7. The first-order chi connectivity index (χ1) is 8.20. The quantitative estimate of drug-likeness (QED) is 0.717. The lowest BCUT2D eigenvalue weighted by Gasteiger charge is -2.07. The number of hydrogen-bond acceptors (Lipinski definition) is 2. The predicted octanol–water partition coefficient (Wildman–Crippen LogP) is 3.36. The maximum atomic E-state index is 3.54. The Morgan fingerprint density at radius 2 is 2.06 bits per heavy atom. The van der Waals surface area contributed by atoms with Gasteiger partial charge in [0.1, 0.15) is 0 Å². The molecule has 0 spiro atoms. The second kappa shape index (κ2) is 7.83. The topological polar surface area (TPSA) is 17.0 Å². The minimum atomic E-state index is 1.01. The van der Waals surface area contributed by atoms with Gasteiger partial charge in [-0.15, -0.1) is 0 Å². The first-order valence-electron chi connectivity index (χ1n) is 6.56. The van der Waals surface area contributed by atoms with Gasteiger partial charge in [-0.2, -0.15) is 11.8 Å². The largest absolute Gasteiger partial charge is 0.349 e.